The number of hydrogen-bond acceptors (Lipinski definition) is 3. The van der Waals surface area contributed by atoms with Crippen LogP contribution in [-0.4, -0.2) is 29.6 Å². The maximum Gasteiger partial charge on any atom is 0.306 e. The van der Waals surface area contributed by atoms with Crippen LogP contribution in [0.2, 0.25) is 0 Å². The summed E-state index contributed by atoms with van der Waals surface area (Å²) in [6.07, 6.45) is 17.5. The highest BCUT2D eigenvalue weighted by Crippen LogP contribution is 2.78. The zero-order chi connectivity index (χ0) is 19.4. The minimum atomic E-state index is -0.0935. The zero-order valence-electron chi connectivity index (χ0n) is 17.9. The number of carbonyl (C=O) groups is 1. The van der Waals surface area contributed by atoms with E-state index in [0.29, 0.717) is 12.3 Å². The van der Waals surface area contributed by atoms with Crippen LogP contribution in [0.5, 0.6) is 0 Å². The second-order valence-corrected chi connectivity index (χ2v) is 11.6. The molecule has 0 aromatic carbocycles. The Hall–Kier alpha value is -1.25. The Bertz CT molecular complexity index is 823. The molecule has 156 valence electrons. The quantitative estimate of drug-likeness (QED) is 0.582. The van der Waals surface area contributed by atoms with Crippen molar-refractivity contribution in [3.8, 4) is 0 Å². The van der Waals surface area contributed by atoms with Gasteiger partial charge in [0.15, 0.2) is 0 Å². The molecular formula is C26H35NO2. The highest BCUT2D eigenvalue weighted by atomic mass is 16.6. The van der Waals surface area contributed by atoms with Crippen molar-refractivity contribution in [3.63, 3.8) is 0 Å². The van der Waals surface area contributed by atoms with E-state index in [0.717, 1.165) is 36.0 Å². The number of allylic oxidation sites excluding steroid dienone is 4. The van der Waals surface area contributed by atoms with Gasteiger partial charge in [-0.25, -0.2) is 0 Å². The molecule has 29 heavy (non-hydrogen) atoms. The Morgan fingerprint density at radius 3 is 2.72 bits per heavy atom. The van der Waals surface area contributed by atoms with Crippen LogP contribution in [0.25, 0.3) is 0 Å². The van der Waals surface area contributed by atoms with Crippen LogP contribution in [0.1, 0.15) is 71.1 Å². The van der Waals surface area contributed by atoms with Gasteiger partial charge in [-0.15, -0.1) is 0 Å². The first-order valence-corrected chi connectivity index (χ1v) is 12.5. The number of nitrogens with zero attached hydrogens (tertiary/aromatic N) is 1. The first-order chi connectivity index (χ1) is 14.1. The first kappa shape index (κ1) is 17.4. The van der Waals surface area contributed by atoms with Gasteiger partial charge in [0, 0.05) is 36.5 Å². The van der Waals surface area contributed by atoms with Crippen LogP contribution in [0.3, 0.4) is 0 Å². The molecule has 3 saturated carbocycles. The molecule has 0 aromatic heterocycles. The number of fused-ring (bicyclic) bond motifs is 9. The average Bonchev–Trinajstić information content (AvgIpc) is 3.08. The SMILES string of the molecule is C[C@]12CCC3C4CCC(N5CCCC5)=CC4=CCC3C1C1CC1[C@@]21CCC(=O)O1. The van der Waals surface area contributed by atoms with E-state index in [1.807, 2.05) is 0 Å². The predicted molar refractivity (Wildman–Crippen MR) is 112 cm³/mol. The van der Waals surface area contributed by atoms with E-state index < -0.39 is 0 Å². The number of carbonyl (C=O) groups excluding carboxylic acids is 1. The van der Waals surface area contributed by atoms with Gasteiger partial charge in [0.25, 0.3) is 0 Å². The van der Waals surface area contributed by atoms with Crippen molar-refractivity contribution in [3.05, 3.63) is 23.4 Å². The number of likely N-dealkylation sites (tertiary alicyclic amines) is 1. The summed E-state index contributed by atoms with van der Waals surface area (Å²) in [5.74, 6) is 4.89. The van der Waals surface area contributed by atoms with Crippen molar-refractivity contribution in [2.45, 2.75) is 76.7 Å². The van der Waals surface area contributed by atoms with E-state index in [9.17, 15) is 4.79 Å². The van der Waals surface area contributed by atoms with Crippen LogP contribution in [0.15, 0.2) is 23.4 Å². The number of hydrogen-bond donors (Lipinski definition) is 0. The fraction of sp³-hybridized carbons (Fsp3) is 0.808. The lowest BCUT2D eigenvalue weighted by Crippen LogP contribution is -2.54. The topological polar surface area (TPSA) is 29.5 Å². The molecule has 0 amide bonds. The van der Waals surface area contributed by atoms with Gasteiger partial charge in [-0.05, 0) is 99.0 Å². The molecule has 7 rings (SSSR count). The van der Waals surface area contributed by atoms with Crippen molar-refractivity contribution in [2.24, 2.45) is 40.9 Å². The van der Waals surface area contributed by atoms with Gasteiger partial charge in [0.05, 0.1) is 0 Å². The molecule has 5 aliphatic carbocycles. The summed E-state index contributed by atoms with van der Waals surface area (Å²) in [5.41, 5.74) is 3.45. The van der Waals surface area contributed by atoms with Crippen molar-refractivity contribution in [2.75, 3.05) is 13.1 Å². The van der Waals surface area contributed by atoms with Crippen LogP contribution < -0.4 is 0 Å². The molecule has 0 N–H and O–H groups in total. The number of esters is 1. The minimum Gasteiger partial charge on any atom is -0.458 e. The first-order valence-electron chi connectivity index (χ1n) is 12.5. The molecule has 0 radical (unpaired) electrons. The Morgan fingerprint density at radius 2 is 1.93 bits per heavy atom. The molecule has 0 aromatic rings. The lowest BCUT2D eigenvalue weighted by molar-refractivity contribution is -0.173. The van der Waals surface area contributed by atoms with Gasteiger partial charge in [-0.1, -0.05) is 13.0 Å². The molecule has 2 saturated heterocycles. The molecule has 3 heteroatoms. The maximum atomic E-state index is 12.2. The number of ether oxygens (including phenoxy) is 1. The zero-order valence-corrected chi connectivity index (χ0v) is 17.9. The molecule has 7 aliphatic rings. The normalized spacial score (nSPS) is 52.3. The third kappa shape index (κ3) is 2.13. The Labute approximate surface area is 174 Å². The van der Waals surface area contributed by atoms with Crippen LogP contribution >= 0.6 is 0 Å². The molecule has 2 aliphatic heterocycles. The third-order valence-corrected chi connectivity index (χ3v) is 10.7. The van der Waals surface area contributed by atoms with E-state index in [1.54, 1.807) is 11.3 Å². The Kier molecular flexibility index (Phi) is 3.43. The molecule has 1 spiro atoms. The molecule has 8 atom stereocenters. The Morgan fingerprint density at radius 1 is 1.07 bits per heavy atom. The lowest BCUT2D eigenvalue weighted by Gasteiger charge is -2.56. The second-order valence-electron chi connectivity index (χ2n) is 11.6. The molecule has 5 fully saturated rings. The van der Waals surface area contributed by atoms with Crippen molar-refractivity contribution in [1.29, 1.82) is 0 Å². The highest BCUT2D eigenvalue weighted by molar-refractivity contribution is 5.73. The summed E-state index contributed by atoms with van der Waals surface area (Å²) in [4.78, 5) is 14.8. The van der Waals surface area contributed by atoms with Gasteiger partial charge in [-0.3, -0.25) is 4.79 Å². The van der Waals surface area contributed by atoms with E-state index >= 15 is 0 Å². The maximum absolute atomic E-state index is 12.2. The van der Waals surface area contributed by atoms with E-state index in [2.05, 4.69) is 24.0 Å². The monoisotopic (exact) mass is 393 g/mol. The molecule has 3 nitrogen and oxygen atoms in total. The fourth-order valence-electron chi connectivity index (χ4n) is 9.56. The second kappa shape index (κ2) is 5.71. The van der Waals surface area contributed by atoms with Crippen LogP contribution in [0.4, 0.5) is 0 Å². The van der Waals surface area contributed by atoms with Crippen molar-refractivity contribution in [1.82, 2.24) is 4.90 Å². The van der Waals surface area contributed by atoms with Crippen molar-refractivity contribution < 1.29 is 9.53 Å². The van der Waals surface area contributed by atoms with E-state index in [1.165, 1.54) is 64.5 Å². The minimum absolute atomic E-state index is 0.0809. The van der Waals surface area contributed by atoms with Gasteiger partial charge in [0.1, 0.15) is 5.60 Å². The number of rotatable bonds is 1. The van der Waals surface area contributed by atoms with Gasteiger partial charge in [0.2, 0.25) is 0 Å². The van der Waals surface area contributed by atoms with Gasteiger partial charge < -0.3 is 9.64 Å². The summed E-state index contributed by atoms with van der Waals surface area (Å²) in [6, 6.07) is 0. The lowest BCUT2D eigenvalue weighted by atomic mass is 9.49. The fourth-order valence-corrected chi connectivity index (χ4v) is 9.56. The molecular weight excluding hydrogens is 358 g/mol. The largest absolute Gasteiger partial charge is 0.458 e. The van der Waals surface area contributed by atoms with Crippen LogP contribution in [-0.2, 0) is 9.53 Å². The standard InChI is InChI=1S/C26H35NO2/c1-25-10-8-19-18-7-5-17(27-12-2-3-13-27)14-16(18)4-6-20(19)24(25)21-15-22(21)26(25)11-9-23(28)29-26/h4,14,18-22,24H,2-3,5-13,15H2,1H3/t18?,19?,20?,21?,22?,24?,25-,26-/m0/s1. The van der Waals surface area contributed by atoms with Gasteiger partial charge >= 0.3 is 5.97 Å². The molecule has 0 bridgehead atoms. The smallest absolute Gasteiger partial charge is 0.306 e. The van der Waals surface area contributed by atoms with Crippen LogP contribution in [0, 0.1) is 40.9 Å². The summed E-state index contributed by atoms with van der Waals surface area (Å²) in [5, 5.41) is 0. The summed E-state index contributed by atoms with van der Waals surface area (Å²) >= 11 is 0. The molecule has 6 unspecified atom stereocenters. The van der Waals surface area contributed by atoms with E-state index in [4.69, 9.17) is 4.74 Å². The summed E-state index contributed by atoms with van der Waals surface area (Å²) in [7, 11) is 0. The van der Waals surface area contributed by atoms with Gasteiger partial charge in [-0.2, -0.15) is 0 Å². The molecule has 2 heterocycles. The highest BCUT2D eigenvalue weighted by Gasteiger charge is 2.78. The Balaban J connectivity index is 1.20. The van der Waals surface area contributed by atoms with E-state index in [-0.39, 0.29) is 17.0 Å². The average molecular weight is 394 g/mol. The predicted octanol–water partition coefficient (Wildman–Crippen LogP) is 5.08. The summed E-state index contributed by atoms with van der Waals surface area (Å²) in [6.45, 7) is 5.07. The third-order valence-electron chi connectivity index (χ3n) is 10.7. The van der Waals surface area contributed by atoms with Crippen molar-refractivity contribution >= 4 is 5.97 Å². The summed E-state index contributed by atoms with van der Waals surface area (Å²) < 4.78 is 6.22.